The van der Waals surface area contributed by atoms with Crippen LogP contribution in [0.2, 0.25) is 0 Å². The van der Waals surface area contributed by atoms with Crippen molar-refractivity contribution in [3.8, 4) is 0 Å². The van der Waals surface area contributed by atoms with Gasteiger partial charge in [0.15, 0.2) is 0 Å². The van der Waals surface area contributed by atoms with Gasteiger partial charge in [-0.1, -0.05) is 6.92 Å². The first-order valence-corrected chi connectivity index (χ1v) is 7.44. The average molecular weight is 295 g/mol. The van der Waals surface area contributed by atoms with Gasteiger partial charge in [0.25, 0.3) is 0 Å². The molecule has 0 aromatic carbocycles. The number of piperidine rings is 1. The Kier molecular flexibility index (Phi) is 5.00. The number of aliphatic hydroxyl groups is 1. The van der Waals surface area contributed by atoms with Gasteiger partial charge in [-0.05, 0) is 25.8 Å². The molecule has 0 saturated carbocycles. The van der Waals surface area contributed by atoms with E-state index in [4.69, 9.17) is 4.74 Å². The van der Waals surface area contributed by atoms with Crippen molar-refractivity contribution in [2.24, 2.45) is 5.92 Å². The predicted molar refractivity (Wildman–Crippen MR) is 78.8 cm³/mol. The van der Waals surface area contributed by atoms with Gasteiger partial charge in [-0.15, -0.1) is 0 Å². The molecule has 0 unspecified atom stereocenters. The molecule has 1 amide bonds. The fourth-order valence-corrected chi connectivity index (χ4v) is 2.83. The lowest BCUT2D eigenvalue weighted by Crippen LogP contribution is -2.53. The molecular weight excluding hydrogens is 270 g/mol. The van der Waals surface area contributed by atoms with Crippen molar-refractivity contribution in [1.82, 2.24) is 14.7 Å². The summed E-state index contributed by atoms with van der Waals surface area (Å²) in [5, 5.41) is 14.9. The maximum absolute atomic E-state index is 12.3. The predicted octanol–water partition coefficient (Wildman–Crippen LogP) is 0.828. The van der Waals surface area contributed by atoms with E-state index in [-0.39, 0.29) is 18.4 Å². The van der Waals surface area contributed by atoms with Crippen LogP contribution in [0.4, 0.5) is 0 Å². The van der Waals surface area contributed by atoms with Gasteiger partial charge in [-0.3, -0.25) is 9.48 Å². The average Bonchev–Trinajstić information content (AvgIpc) is 2.85. The van der Waals surface area contributed by atoms with Crippen molar-refractivity contribution in [1.29, 1.82) is 0 Å². The summed E-state index contributed by atoms with van der Waals surface area (Å²) < 4.78 is 6.72. The lowest BCUT2D eigenvalue weighted by atomic mass is 9.80. The van der Waals surface area contributed by atoms with E-state index in [1.807, 2.05) is 31.0 Å². The Bertz CT molecular complexity index is 488. The summed E-state index contributed by atoms with van der Waals surface area (Å²) in [4.78, 5) is 14.1. The van der Waals surface area contributed by atoms with E-state index in [1.54, 1.807) is 11.8 Å². The Morgan fingerprint density at radius 1 is 1.62 bits per heavy atom. The minimum atomic E-state index is -0.727. The van der Waals surface area contributed by atoms with Crippen LogP contribution < -0.4 is 0 Å². The third-order valence-electron chi connectivity index (χ3n) is 4.39. The number of likely N-dealkylation sites (tertiary alicyclic amines) is 1. The first-order valence-electron chi connectivity index (χ1n) is 7.44. The van der Waals surface area contributed by atoms with Crippen LogP contribution in [0.3, 0.4) is 0 Å². The molecule has 1 N–H and O–H groups in total. The Morgan fingerprint density at radius 2 is 2.38 bits per heavy atom. The van der Waals surface area contributed by atoms with Crippen LogP contribution in [0.25, 0.3) is 0 Å². The molecule has 118 valence electrons. The van der Waals surface area contributed by atoms with E-state index in [2.05, 4.69) is 5.10 Å². The molecule has 21 heavy (non-hydrogen) atoms. The highest BCUT2D eigenvalue weighted by molar-refractivity contribution is 5.76. The normalized spacial score (nSPS) is 26.1. The number of hydrogen-bond acceptors (Lipinski definition) is 4. The zero-order valence-corrected chi connectivity index (χ0v) is 13.1. The minimum absolute atomic E-state index is 0.0460. The fraction of sp³-hybridized carbons (Fsp3) is 0.733. The molecule has 6 heteroatoms. The lowest BCUT2D eigenvalue weighted by Gasteiger charge is -2.43. The highest BCUT2D eigenvalue weighted by Crippen LogP contribution is 2.31. The van der Waals surface area contributed by atoms with Crippen molar-refractivity contribution >= 4 is 5.91 Å². The van der Waals surface area contributed by atoms with Crippen LogP contribution in [0.5, 0.6) is 0 Å². The molecule has 1 aromatic rings. The van der Waals surface area contributed by atoms with Crippen LogP contribution in [-0.4, -0.2) is 58.1 Å². The molecule has 1 saturated heterocycles. The van der Waals surface area contributed by atoms with Crippen molar-refractivity contribution < 1.29 is 14.6 Å². The summed E-state index contributed by atoms with van der Waals surface area (Å²) in [7, 11) is 1.64. The molecule has 0 bridgehead atoms. The van der Waals surface area contributed by atoms with E-state index in [0.717, 1.165) is 5.69 Å². The number of carbonyl (C=O) groups is 1. The lowest BCUT2D eigenvalue weighted by molar-refractivity contribution is -0.141. The molecule has 0 spiro atoms. The van der Waals surface area contributed by atoms with Crippen LogP contribution >= 0.6 is 0 Å². The summed E-state index contributed by atoms with van der Waals surface area (Å²) in [6.07, 6.45) is 3.03. The van der Waals surface area contributed by atoms with E-state index in [1.165, 1.54) is 0 Å². The fourth-order valence-electron chi connectivity index (χ4n) is 2.83. The molecule has 1 aliphatic rings. The van der Waals surface area contributed by atoms with E-state index < -0.39 is 5.60 Å². The minimum Gasteiger partial charge on any atom is -0.389 e. The summed E-state index contributed by atoms with van der Waals surface area (Å²) in [5.41, 5.74) is 0.179. The van der Waals surface area contributed by atoms with Crippen LogP contribution in [0.15, 0.2) is 12.3 Å². The number of aryl methyl sites for hydroxylation is 1. The van der Waals surface area contributed by atoms with Crippen LogP contribution in [0.1, 0.15) is 25.5 Å². The second-order valence-electron chi connectivity index (χ2n) is 5.99. The quantitative estimate of drug-likeness (QED) is 0.873. The zero-order valence-electron chi connectivity index (χ0n) is 13.1. The molecule has 0 radical (unpaired) electrons. The molecule has 2 heterocycles. The number of methoxy groups -OCH3 is 1. The van der Waals surface area contributed by atoms with Crippen molar-refractivity contribution in [2.45, 2.75) is 38.8 Å². The highest BCUT2D eigenvalue weighted by Gasteiger charge is 2.39. The maximum Gasteiger partial charge on any atom is 0.244 e. The monoisotopic (exact) mass is 295 g/mol. The molecule has 1 aromatic heterocycles. The smallest absolute Gasteiger partial charge is 0.244 e. The number of ether oxygens (including phenoxy) is 1. The number of rotatable bonds is 5. The first-order chi connectivity index (χ1) is 9.94. The number of carbonyl (C=O) groups excluding carboxylic acids is 1. The molecular formula is C15H25N3O3. The Balaban J connectivity index is 1.90. The number of amides is 1. The molecule has 0 aliphatic carbocycles. The summed E-state index contributed by atoms with van der Waals surface area (Å²) in [5.74, 6) is 0.100. The Hall–Kier alpha value is -1.40. The third-order valence-corrected chi connectivity index (χ3v) is 4.39. The summed E-state index contributed by atoms with van der Waals surface area (Å²) in [6, 6.07) is 1.88. The zero-order chi connectivity index (χ0) is 15.5. The highest BCUT2D eigenvalue weighted by atomic mass is 16.5. The van der Waals surface area contributed by atoms with Crippen LogP contribution in [-0.2, 0) is 16.1 Å². The molecule has 2 rings (SSSR count). The van der Waals surface area contributed by atoms with Gasteiger partial charge in [0.2, 0.25) is 5.91 Å². The van der Waals surface area contributed by atoms with E-state index in [9.17, 15) is 9.90 Å². The molecule has 1 aliphatic heterocycles. The van der Waals surface area contributed by atoms with Gasteiger partial charge >= 0.3 is 0 Å². The maximum atomic E-state index is 12.3. The van der Waals surface area contributed by atoms with E-state index >= 15 is 0 Å². The van der Waals surface area contributed by atoms with Gasteiger partial charge in [0, 0.05) is 38.9 Å². The largest absolute Gasteiger partial charge is 0.389 e. The standard InChI is InChI=1S/C15H25N3O3/c1-12-10-17(8-5-15(12,20)6-9-21-3)14(19)11-18-7-4-13(2)16-18/h4,7,12,20H,5-6,8-11H2,1-3H3/t12-,15-/m1/s1. The Morgan fingerprint density at radius 3 is 2.95 bits per heavy atom. The molecule has 6 nitrogen and oxygen atoms in total. The third kappa shape index (κ3) is 3.83. The van der Waals surface area contributed by atoms with Crippen molar-refractivity contribution in [3.05, 3.63) is 18.0 Å². The first kappa shape index (κ1) is 16.0. The summed E-state index contributed by atoms with van der Waals surface area (Å²) >= 11 is 0. The molecule has 1 fully saturated rings. The van der Waals surface area contributed by atoms with Crippen LogP contribution in [0, 0.1) is 12.8 Å². The van der Waals surface area contributed by atoms with Gasteiger partial charge in [0.1, 0.15) is 6.54 Å². The SMILES string of the molecule is COCC[C@]1(O)CCN(C(=O)Cn2ccc(C)n2)C[C@H]1C. The molecule has 2 atom stereocenters. The van der Waals surface area contributed by atoms with Gasteiger partial charge in [-0.25, -0.2) is 0 Å². The van der Waals surface area contributed by atoms with Gasteiger partial charge in [-0.2, -0.15) is 5.10 Å². The second-order valence-corrected chi connectivity index (χ2v) is 5.99. The van der Waals surface area contributed by atoms with Gasteiger partial charge < -0.3 is 14.7 Å². The summed E-state index contributed by atoms with van der Waals surface area (Å²) in [6.45, 7) is 5.87. The van der Waals surface area contributed by atoms with E-state index in [0.29, 0.717) is 32.5 Å². The topological polar surface area (TPSA) is 67.6 Å². The Labute approximate surface area is 125 Å². The second kappa shape index (κ2) is 6.58. The van der Waals surface area contributed by atoms with Crippen molar-refractivity contribution in [3.63, 3.8) is 0 Å². The number of hydrogen-bond donors (Lipinski definition) is 1. The number of nitrogens with zero attached hydrogens (tertiary/aromatic N) is 3. The van der Waals surface area contributed by atoms with Gasteiger partial charge in [0.05, 0.1) is 11.3 Å². The van der Waals surface area contributed by atoms with Crippen molar-refractivity contribution in [2.75, 3.05) is 26.8 Å². The number of aromatic nitrogens is 2.